The molecule has 0 aromatic rings. The smallest absolute Gasteiger partial charge is 0.156 e. The zero-order valence-electron chi connectivity index (χ0n) is 7.33. The summed E-state index contributed by atoms with van der Waals surface area (Å²) in [6.07, 6.45) is 0.0922. The lowest BCUT2D eigenvalue weighted by Crippen LogP contribution is -2.20. The molecule has 0 radical (unpaired) electrons. The monoisotopic (exact) mass is 157 g/mol. The predicted octanol–water partition coefficient (Wildman–Crippen LogP) is 1.69. The third-order valence-electron chi connectivity index (χ3n) is 1.27. The summed E-state index contributed by atoms with van der Waals surface area (Å²) in [7, 11) is 0. The van der Waals surface area contributed by atoms with E-state index in [1.165, 1.54) is 0 Å². The van der Waals surface area contributed by atoms with E-state index in [-0.39, 0.29) is 12.4 Å². The topological polar surface area (TPSA) is 42.2 Å². The summed E-state index contributed by atoms with van der Waals surface area (Å²) < 4.78 is 10.3. The minimum absolute atomic E-state index is 0.274. The van der Waals surface area contributed by atoms with Crippen LogP contribution in [-0.4, -0.2) is 19.0 Å². The Hall–Kier alpha value is -0.590. The normalized spacial score (nSPS) is 15.5. The molecule has 0 aliphatic heterocycles. The molecule has 0 fully saturated rings. The first-order valence-electron chi connectivity index (χ1n) is 3.91. The van der Waals surface area contributed by atoms with Crippen molar-refractivity contribution in [2.24, 2.45) is 0 Å². The Balaban J connectivity index is 3.55. The van der Waals surface area contributed by atoms with Gasteiger partial charge in [0.2, 0.25) is 0 Å². The van der Waals surface area contributed by atoms with Gasteiger partial charge in [0, 0.05) is 6.61 Å². The average Bonchev–Trinajstić information content (AvgIpc) is 2.01. The summed E-state index contributed by atoms with van der Waals surface area (Å²) in [6, 6.07) is 2.04. The lowest BCUT2D eigenvalue weighted by molar-refractivity contribution is -0.144. The molecule has 3 nitrogen and oxygen atoms in total. The second-order valence-corrected chi connectivity index (χ2v) is 2.19. The quantitative estimate of drug-likeness (QED) is 0.570. The molecule has 0 bridgehead atoms. The molecule has 11 heavy (non-hydrogen) atoms. The maximum Gasteiger partial charge on any atom is 0.156 e. The lowest BCUT2D eigenvalue weighted by Gasteiger charge is -2.15. The van der Waals surface area contributed by atoms with Crippen LogP contribution in [0.15, 0.2) is 0 Å². The third-order valence-corrected chi connectivity index (χ3v) is 1.27. The van der Waals surface area contributed by atoms with Gasteiger partial charge in [-0.3, -0.25) is 0 Å². The molecule has 0 aliphatic rings. The number of nitrogens with zero attached hydrogens (tertiary/aromatic N) is 1. The summed E-state index contributed by atoms with van der Waals surface area (Å²) in [5.41, 5.74) is 0. The summed E-state index contributed by atoms with van der Waals surface area (Å²) >= 11 is 0. The Morgan fingerprint density at radius 2 is 2.09 bits per heavy atom. The molecule has 64 valence electrons. The molecule has 3 heteroatoms. The molecule has 0 aromatic carbocycles. The molecule has 2 atom stereocenters. The number of hydrogen-bond donors (Lipinski definition) is 0. The highest BCUT2D eigenvalue weighted by Crippen LogP contribution is 2.02. The van der Waals surface area contributed by atoms with Crippen LogP contribution < -0.4 is 0 Å². The summed E-state index contributed by atoms with van der Waals surface area (Å²) in [5, 5.41) is 8.51. The van der Waals surface area contributed by atoms with E-state index in [1.807, 2.05) is 19.9 Å². The predicted molar refractivity (Wildman–Crippen MR) is 41.9 cm³/mol. The molecule has 0 N–H and O–H groups in total. The van der Waals surface area contributed by atoms with Gasteiger partial charge in [0.25, 0.3) is 0 Å². The molecule has 0 aliphatic carbocycles. The van der Waals surface area contributed by atoms with Gasteiger partial charge < -0.3 is 9.47 Å². The molecule has 0 aromatic heterocycles. The standard InChI is InChI=1S/C8H15NO2/c1-4-8(6-9)11-7(3)10-5-2/h7-8H,4-5H2,1-3H3/t7-,8-/m1/s1. The van der Waals surface area contributed by atoms with Crippen molar-refractivity contribution < 1.29 is 9.47 Å². The van der Waals surface area contributed by atoms with E-state index in [2.05, 4.69) is 0 Å². The van der Waals surface area contributed by atoms with Crippen LogP contribution in [0.5, 0.6) is 0 Å². The van der Waals surface area contributed by atoms with E-state index in [0.29, 0.717) is 13.0 Å². The van der Waals surface area contributed by atoms with Crippen molar-refractivity contribution in [2.45, 2.75) is 39.6 Å². The highest BCUT2D eigenvalue weighted by atomic mass is 16.7. The van der Waals surface area contributed by atoms with Crippen molar-refractivity contribution in [3.05, 3.63) is 0 Å². The van der Waals surface area contributed by atoms with Crippen molar-refractivity contribution >= 4 is 0 Å². The van der Waals surface area contributed by atoms with Crippen molar-refractivity contribution in [1.82, 2.24) is 0 Å². The van der Waals surface area contributed by atoms with Gasteiger partial charge in [0.05, 0.1) is 6.07 Å². The van der Waals surface area contributed by atoms with Gasteiger partial charge in [0.15, 0.2) is 6.29 Å². The molecule has 0 saturated carbocycles. The van der Waals surface area contributed by atoms with Crippen LogP contribution >= 0.6 is 0 Å². The minimum atomic E-state index is -0.337. The number of rotatable bonds is 5. The first-order valence-corrected chi connectivity index (χ1v) is 3.91. The Labute approximate surface area is 67.9 Å². The second kappa shape index (κ2) is 6.14. The fourth-order valence-electron chi connectivity index (χ4n) is 0.723. The molecule has 0 heterocycles. The second-order valence-electron chi connectivity index (χ2n) is 2.19. The van der Waals surface area contributed by atoms with Gasteiger partial charge >= 0.3 is 0 Å². The zero-order valence-corrected chi connectivity index (χ0v) is 7.33. The summed E-state index contributed by atoms with van der Waals surface area (Å²) in [4.78, 5) is 0. The van der Waals surface area contributed by atoms with Crippen LogP contribution in [0.1, 0.15) is 27.2 Å². The summed E-state index contributed by atoms with van der Waals surface area (Å²) in [6.45, 7) is 6.21. The molecule has 0 spiro atoms. The molecular weight excluding hydrogens is 142 g/mol. The highest BCUT2D eigenvalue weighted by molar-refractivity contribution is 4.82. The first kappa shape index (κ1) is 10.4. The lowest BCUT2D eigenvalue weighted by atomic mass is 10.3. The highest BCUT2D eigenvalue weighted by Gasteiger charge is 2.09. The van der Waals surface area contributed by atoms with Gasteiger partial charge in [-0.2, -0.15) is 5.26 Å². The Morgan fingerprint density at radius 1 is 1.45 bits per heavy atom. The molecule has 0 amide bonds. The van der Waals surface area contributed by atoms with Crippen LogP contribution in [-0.2, 0) is 9.47 Å². The molecule has 0 unspecified atom stereocenters. The third kappa shape index (κ3) is 4.77. The van der Waals surface area contributed by atoms with Crippen LogP contribution in [0.3, 0.4) is 0 Å². The Bertz CT molecular complexity index is 131. The van der Waals surface area contributed by atoms with Crippen molar-refractivity contribution in [2.75, 3.05) is 6.61 Å². The minimum Gasteiger partial charge on any atom is -0.353 e. The van der Waals surface area contributed by atoms with Crippen molar-refractivity contribution in [3.8, 4) is 6.07 Å². The van der Waals surface area contributed by atoms with Crippen molar-refractivity contribution in [1.29, 1.82) is 5.26 Å². The maximum absolute atomic E-state index is 8.51. The van der Waals surface area contributed by atoms with Gasteiger partial charge in [-0.15, -0.1) is 0 Å². The number of ether oxygens (including phenoxy) is 2. The van der Waals surface area contributed by atoms with Gasteiger partial charge in [-0.1, -0.05) is 6.92 Å². The maximum atomic E-state index is 8.51. The van der Waals surface area contributed by atoms with Crippen LogP contribution in [0.4, 0.5) is 0 Å². The summed E-state index contributed by atoms with van der Waals surface area (Å²) in [5.74, 6) is 0. The van der Waals surface area contributed by atoms with E-state index in [1.54, 1.807) is 6.92 Å². The van der Waals surface area contributed by atoms with Crippen LogP contribution in [0.25, 0.3) is 0 Å². The Kier molecular flexibility index (Phi) is 5.81. The number of hydrogen-bond acceptors (Lipinski definition) is 3. The van der Waals surface area contributed by atoms with Gasteiger partial charge in [-0.05, 0) is 20.3 Å². The average molecular weight is 157 g/mol. The van der Waals surface area contributed by atoms with E-state index in [0.717, 1.165) is 0 Å². The molecule has 0 saturated heterocycles. The van der Waals surface area contributed by atoms with E-state index >= 15 is 0 Å². The van der Waals surface area contributed by atoms with Crippen molar-refractivity contribution in [3.63, 3.8) is 0 Å². The largest absolute Gasteiger partial charge is 0.353 e. The number of nitriles is 1. The fourth-order valence-corrected chi connectivity index (χ4v) is 0.723. The van der Waals surface area contributed by atoms with E-state index in [4.69, 9.17) is 14.7 Å². The molecular formula is C8H15NO2. The van der Waals surface area contributed by atoms with Crippen LogP contribution in [0, 0.1) is 11.3 Å². The zero-order chi connectivity index (χ0) is 8.69. The molecule has 0 rings (SSSR count). The van der Waals surface area contributed by atoms with E-state index in [9.17, 15) is 0 Å². The SMILES string of the molecule is CCO[C@@H](C)O[C@@H](C#N)CC. The fraction of sp³-hybridized carbons (Fsp3) is 0.875. The Morgan fingerprint density at radius 3 is 2.45 bits per heavy atom. The van der Waals surface area contributed by atoms with Crippen LogP contribution in [0.2, 0.25) is 0 Å². The van der Waals surface area contributed by atoms with Gasteiger partial charge in [-0.25, -0.2) is 0 Å². The first-order chi connectivity index (χ1) is 5.24. The van der Waals surface area contributed by atoms with E-state index < -0.39 is 0 Å². The van der Waals surface area contributed by atoms with Gasteiger partial charge in [0.1, 0.15) is 6.10 Å².